The number of halogens is 1. The first-order valence-electron chi connectivity index (χ1n) is 13.5. The van der Waals surface area contributed by atoms with Crippen LogP contribution in [0.1, 0.15) is 53.3 Å². The molecular weight excluding hydrogens is 499 g/mol. The highest BCUT2D eigenvalue weighted by atomic mass is 19.1. The zero-order valence-corrected chi connectivity index (χ0v) is 21.5. The van der Waals surface area contributed by atoms with Crippen LogP contribution < -0.4 is 10.1 Å². The van der Waals surface area contributed by atoms with E-state index in [0.29, 0.717) is 48.7 Å². The first kappa shape index (κ1) is 24.0. The maximum atomic E-state index is 15.3. The molecule has 0 radical (unpaired) electrons. The van der Waals surface area contributed by atoms with E-state index in [1.165, 1.54) is 17.8 Å². The van der Waals surface area contributed by atoms with E-state index in [1.54, 1.807) is 17.0 Å². The lowest BCUT2D eigenvalue weighted by molar-refractivity contribution is -0.0508. The molecule has 7 rings (SSSR count). The number of aromatic nitrogens is 5. The van der Waals surface area contributed by atoms with Crippen LogP contribution in [0.25, 0.3) is 17.2 Å². The second-order valence-corrected chi connectivity index (χ2v) is 10.5. The van der Waals surface area contributed by atoms with Crippen molar-refractivity contribution in [3.05, 3.63) is 71.8 Å². The summed E-state index contributed by atoms with van der Waals surface area (Å²) in [5, 5.41) is 2.77. The first-order valence-corrected chi connectivity index (χ1v) is 13.5. The predicted molar refractivity (Wildman–Crippen MR) is 142 cm³/mol. The topological polar surface area (TPSA) is 96.1 Å². The van der Waals surface area contributed by atoms with E-state index in [2.05, 4.69) is 24.8 Å². The van der Waals surface area contributed by atoms with Gasteiger partial charge in [-0.05, 0) is 50.3 Å². The molecule has 0 bridgehead atoms. The monoisotopic (exact) mass is 528 g/mol. The van der Waals surface area contributed by atoms with Gasteiger partial charge in [0.05, 0.1) is 43.1 Å². The van der Waals surface area contributed by atoms with Gasteiger partial charge in [-0.3, -0.25) is 4.79 Å². The van der Waals surface area contributed by atoms with Crippen LogP contribution >= 0.6 is 0 Å². The van der Waals surface area contributed by atoms with E-state index in [0.717, 1.165) is 50.2 Å². The minimum Gasteiger partial charge on any atom is -0.491 e. The number of hydrogen-bond donors (Lipinski definition) is 1. The summed E-state index contributed by atoms with van der Waals surface area (Å²) in [4.78, 5) is 27.0. The summed E-state index contributed by atoms with van der Waals surface area (Å²) in [5.74, 6) is 0.939. The number of hydrogen-bond acceptors (Lipinski definition) is 6. The molecule has 5 heterocycles. The fraction of sp³-hybridized carbons (Fsp3) is 0.379. The summed E-state index contributed by atoms with van der Waals surface area (Å²) in [7, 11) is 0. The number of anilines is 1. The van der Waals surface area contributed by atoms with Crippen molar-refractivity contribution in [3.63, 3.8) is 0 Å². The molecule has 1 saturated heterocycles. The van der Waals surface area contributed by atoms with Crippen molar-refractivity contribution in [2.24, 2.45) is 5.92 Å². The van der Waals surface area contributed by atoms with Crippen LogP contribution in [0, 0.1) is 11.7 Å². The highest BCUT2D eigenvalue weighted by Gasteiger charge is 2.27. The minimum atomic E-state index is -0.669. The lowest BCUT2D eigenvalue weighted by Gasteiger charge is -2.26. The number of carbonyl (C=O) groups excluding carboxylic acids is 1. The van der Waals surface area contributed by atoms with E-state index in [9.17, 15) is 4.79 Å². The number of pyridine rings is 1. The lowest BCUT2D eigenvalue weighted by atomic mass is 10.1. The van der Waals surface area contributed by atoms with Crippen LogP contribution in [0.2, 0.25) is 0 Å². The summed E-state index contributed by atoms with van der Waals surface area (Å²) in [6.45, 7) is 2.57. The number of rotatable bonds is 8. The highest BCUT2D eigenvalue weighted by Crippen LogP contribution is 2.39. The van der Waals surface area contributed by atoms with Gasteiger partial charge in [0, 0.05) is 42.5 Å². The smallest absolute Gasteiger partial charge is 0.259 e. The Morgan fingerprint density at radius 3 is 2.90 bits per heavy atom. The molecule has 4 aromatic rings. The molecule has 2 aliphatic heterocycles. The second-order valence-electron chi connectivity index (χ2n) is 10.5. The Balaban J connectivity index is 1.17. The van der Waals surface area contributed by atoms with Gasteiger partial charge in [-0.1, -0.05) is 6.07 Å². The molecule has 3 aliphatic rings. The van der Waals surface area contributed by atoms with Crippen molar-refractivity contribution in [2.45, 2.75) is 44.6 Å². The van der Waals surface area contributed by atoms with Crippen LogP contribution in [-0.2, 0) is 17.7 Å². The molecule has 1 aliphatic carbocycles. The fourth-order valence-electron chi connectivity index (χ4n) is 5.14. The van der Waals surface area contributed by atoms with Gasteiger partial charge < -0.3 is 23.9 Å². The number of ether oxygens (including phenoxy) is 2. The zero-order valence-electron chi connectivity index (χ0n) is 21.5. The molecule has 39 heavy (non-hydrogen) atoms. The number of nitrogens with zero attached hydrogens (tertiary/aromatic N) is 5. The van der Waals surface area contributed by atoms with Crippen molar-refractivity contribution < 1.29 is 18.7 Å². The van der Waals surface area contributed by atoms with Gasteiger partial charge in [-0.2, -0.15) is 0 Å². The summed E-state index contributed by atoms with van der Waals surface area (Å²) in [5.41, 5.74) is 3.31. The van der Waals surface area contributed by atoms with Gasteiger partial charge in [0.1, 0.15) is 23.1 Å². The van der Waals surface area contributed by atoms with Crippen molar-refractivity contribution in [1.29, 1.82) is 0 Å². The maximum Gasteiger partial charge on any atom is 0.259 e. The average Bonchev–Trinajstić information content (AvgIpc) is 3.49. The van der Waals surface area contributed by atoms with E-state index in [4.69, 9.17) is 9.47 Å². The van der Waals surface area contributed by atoms with Crippen molar-refractivity contribution >= 4 is 11.7 Å². The van der Waals surface area contributed by atoms with Gasteiger partial charge in [0.25, 0.3) is 5.91 Å². The Bertz CT molecular complexity index is 1540. The number of aryl methyl sites for hydroxylation is 1. The van der Waals surface area contributed by atoms with Gasteiger partial charge in [0.2, 0.25) is 0 Å². The third-order valence-electron chi connectivity index (χ3n) is 7.57. The molecule has 0 atom stereocenters. The van der Waals surface area contributed by atoms with Crippen LogP contribution in [0.4, 0.5) is 10.2 Å². The average molecular weight is 529 g/mol. The molecule has 2 fully saturated rings. The summed E-state index contributed by atoms with van der Waals surface area (Å²) in [6, 6.07) is 8.17. The van der Waals surface area contributed by atoms with Crippen LogP contribution in [0.5, 0.6) is 5.75 Å². The van der Waals surface area contributed by atoms with Crippen LogP contribution in [0.3, 0.4) is 0 Å². The quantitative estimate of drug-likeness (QED) is 0.354. The van der Waals surface area contributed by atoms with Gasteiger partial charge in [-0.25, -0.2) is 19.3 Å². The van der Waals surface area contributed by atoms with Crippen molar-refractivity contribution in [3.8, 4) is 23.0 Å². The largest absolute Gasteiger partial charge is 0.491 e. The number of benzene rings is 1. The summed E-state index contributed by atoms with van der Waals surface area (Å²) < 4.78 is 30.5. The van der Waals surface area contributed by atoms with Crippen molar-refractivity contribution in [1.82, 2.24) is 24.1 Å². The summed E-state index contributed by atoms with van der Waals surface area (Å²) in [6.07, 6.45) is 11.0. The van der Waals surface area contributed by atoms with E-state index < -0.39 is 11.7 Å². The summed E-state index contributed by atoms with van der Waals surface area (Å²) >= 11 is 0. The molecule has 10 heteroatoms. The molecule has 1 N–H and O–H groups in total. The van der Waals surface area contributed by atoms with Crippen LogP contribution in [-0.4, -0.2) is 49.8 Å². The van der Waals surface area contributed by atoms with E-state index in [-0.39, 0.29) is 11.5 Å². The van der Waals surface area contributed by atoms with E-state index >= 15 is 4.39 Å². The Kier molecular flexibility index (Phi) is 6.11. The van der Waals surface area contributed by atoms with Crippen LogP contribution in [0.15, 0.2) is 49.1 Å². The Hall–Kier alpha value is -4.05. The molecule has 1 saturated carbocycles. The molecular formula is C29H29FN6O3. The Morgan fingerprint density at radius 1 is 1.18 bits per heavy atom. The number of carbonyl (C=O) groups is 1. The molecule has 1 aromatic carbocycles. The number of amides is 1. The van der Waals surface area contributed by atoms with Gasteiger partial charge >= 0.3 is 0 Å². The maximum absolute atomic E-state index is 15.3. The van der Waals surface area contributed by atoms with Gasteiger partial charge in [0.15, 0.2) is 5.82 Å². The van der Waals surface area contributed by atoms with E-state index in [1.807, 2.05) is 24.5 Å². The Morgan fingerprint density at radius 2 is 2.08 bits per heavy atom. The standard InChI is InChI=1S/C29H29FN6O3/c30-22-11-26(39-16-18-14-38-15-18)25(35-13-24(32-17-35)19-7-8-19)10-21(22)29(37)34-27-6-3-5-23(33-27)28-31-12-20-4-1-2-9-36(20)28/h3,5-6,10-13,17-19H,1-2,4,7-9,14-16H2,(H,33,34,37). The SMILES string of the molecule is O=C(Nc1cccc(-c2ncc3n2CCCC3)n1)c1cc(-n2cnc(C3CC3)c2)c(OCC2COC2)cc1F. The fourth-order valence-corrected chi connectivity index (χ4v) is 5.14. The molecule has 0 unspecified atom stereocenters. The third kappa shape index (κ3) is 4.80. The lowest BCUT2D eigenvalue weighted by Crippen LogP contribution is -2.32. The predicted octanol–water partition coefficient (Wildman–Crippen LogP) is 4.76. The first-order chi connectivity index (χ1) is 19.1. The molecule has 9 nitrogen and oxygen atoms in total. The molecule has 3 aromatic heterocycles. The minimum absolute atomic E-state index is 0.101. The highest BCUT2D eigenvalue weighted by molar-refractivity contribution is 6.04. The number of nitrogens with one attached hydrogen (secondary N) is 1. The molecule has 1 amide bonds. The third-order valence-corrected chi connectivity index (χ3v) is 7.57. The number of imidazole rings is 2. The van der Waals surface area contributed by atoms with Gasteiger partial charge in [-0.15, -0.1) is 0 Å². The molecule has 0 spiro atoms. The number of fused-ring (bicyclic) bond motifs is 1. The normalized spacial score (nSPS) is 16.9. The van der Waals surface area contributed by atoms with Crippen molar-refractivity contribution in [2.75, 3.05) is 25.1 Å². The second kappa shape index (κ2) is 9.92. The molecule has 200 valence electrons. The Labute approximate surface area is 225 Å². The zero-order chi connectivity index (χ0) is 26.3.